The molecule has 0 spiro atoms. The predicted octanol–water partition coefficient (Wildman–Crippen LogP) is 3.29. The normalized spacial score (nSPS) is 13.8. The Balaban J connectivity index is 2.16. The van der Waals surface area contributed by atoms with E-state index in [9.17, 15) is 14.7 Å². The third-order valence-electron chi connectivity index (χ3n) is 4.98. The van der Waals surface area contributed by atoms with E-state index in [0.29, 0.717) is 35.5 Å². The molecule has 0 aromatic heterocycles. The summed E-state index contributed by atoms with van der Waals surface area (Å²) in [7, 11) is 4.47. The van der Waals surface area contributed by atoms with Gasteiger partial charge in [-0.3, -0.25) is 4.79 Å². The van der Waals surface area contributed by atoms with Gasteiger partial charge < -0.3 is 24.1 Å². The van der Waals surface area contributed by atoms with Crippen molar-refractivity contribution in [3.8, 4) is 22.6 Å². The van der Waals surface area contributed by atoms with Crippen LogP contribution in [0.4, 0.5) is 0 Å². The van der Waals surface area contributed by atoms with Crippen molar-refractivity contribution in [1.29, 1.82) is 0 Å². The first-order valence-electron chi connectivity index (χ1n) is 9.26. The van der Waals surface area contributed by atoms with E-state index in [1.165, 1.54) is 21.3 Å². The van der Waals surface area contributed by atoms with Crippen LogP contribution in [0.25, 0.3) is 11.1 Å². The number of hydrogen-bond acceptors (Lipinski definition) is 6. The van der Waals surface area contributed by atoms with E-state index in [1.54, 1.807) is 18.2 Å². The maximum absolute atomic E-state index is 12.1. The van der Waals surface area contributed by atoms with Gasteiger partial charge in [-0.15, -0.1) is 0 Å². The van der Waals surface area contributed by atoms with E-state index in [1.807, 2.05) is 12.1 Å². The molecule has 0 aliphatic heterocycles. The van der Waals surface area contributed by atoms with Gasteiger partial charge in [0.15, 0.2) is 23.4 Å². The van der Waals surface area contributed by atoms with Gasteiger partial charge in [-0.05, 0) is 29.2 Å². The smallest absolute Gasteiger partial charge is 0.337 e. The minimum Gasteiger partial charge on any atom is -0.493 e. The highest BCUT2D eigenvalue weighted by atomic mass is 16.5. The van der Waals surface area contributed by atoms with Crippen LogP contribution in [0.15, 0.2) is 30.3 Å². The first-order valence-corrected chi connectivity index (χ1v) is 9.26. The Morgan fingerprint density at radius 1 is 1.03 bits per heavy atom. The Kier molecular flexibility index (Phi) is 6.51. The lowest BCUT2D eigenvalue weighted by molar-refractivity contribution is -0.151. The average molecular weight is 400 g/mol. The fourth-order valence-electron chi connectivity index (χ4n) is 3.61. The molecule has 1 N–H and O–H groups in total. The van der Waals surface area contributed by atoms with Gasteiger partial charge in [0.1, 0.15) is 0 Å². The van der Waals surface area contributed by atoms with Gasteiger partial charge >= 0.3 is 5.97 Å². The molecule has 0 bridgehead atoms. The third kappa shape index (κ3) is 4.11. The van der Waals surface area contributed by atoms with Gasteiger partial charge in [-0.2, -0.15) is 0 Å². The quantitative estimate of drug-likeness (QED) is 0.646. The molecule has 1 unspecified atom stereocenters. The topological polar surface area (TPSA) is 91.3 Å². The summed E-state index contributed by atoms with van der Waals surface area (Å²) in [6.45, 7) is 0.359. The Hall–Kier alpha value is -2.90. The minimum absolute atomic E-state index is 0.103. The fourth-order valence-corrected chi connectivity index (χ4v) is 3.61. The van der Waals surface area contributed by atoms with Crippen molar-refractivity contribution in [3.63, 3.8) is 0 Å². The molecular weight excluding hydrogens is 376 g/mol. The molecule has 0 fully saturated rings. The number of aryl methyl sites for hydroxylation is 1. The van der Waals surface area contributed by atoms with Crippen molar-refractivity contribution in [2.45, 2.75) is 18.9 Å². The number of fused-ring (bicyclic) bond motifs is 1. The van der Waals surface area contributed by atoms with Crippen LogP contribution < -0.4 is 9.47 Å². The summed E-state index contributed by atoms with van der Waals surface area (Å²) >= 11 is 0. The van der Waals surface area contributed by atoms with Crippen LogP contribution in [-0.2, 0) is 20.7 Å². The van der Waals surface area contributed by atoms with Crippen LogP contribution in [0.3, 0.4) is 0 Å². The number of carbonyl (C=O) groups is 2. The molecule has 0 saturated carbocycles. The molecule has 7 heteroatoms. The summed E-state index contributed by atoms with van der Waals surface area (Å²) in [5.74, 6) is -0.314. The number of methoxy groups -OCH3 is 3. The molecule has 1 atom stereocenters. The molecule has 1 aliphatic rings. The van der Waals surface area contributed by atoms with Crippen LogP contribution in [0.2, 0.25) is 0 Å². The lowest BCUT2D eigenvalue weighted by atomic mass is 9.92. The Morgan fingerprint density at radius 2 is 1.79 bits per heavy atom. The van der Waals surface area contributed by atoms with Crippen molar-refractivity contribution >= 4 is 11.8 Å². The first-order chi connectivity index (χ1) is 14.0. The Labute approximate surface area is 169 Å². The number of Topliss-reactive ketones (excluding diaryl/α,β-unsaturated/α-hetero) is 1. The first kappa shape index (κ1) is 20.8. The summed E-state index contributed by atoms with van der Waals surface area (Å²) in [4.78, 5) is 24.0. The molecule has 0 saturated heterocycles. The summed E-state index contributed by atoms with van der Waals surface area (Å²) in [5, 5.41) is 9.86. The zero-order chi connectivity index (χ0) is 21.0. The summed E-state index contributed by atoms with van der Waals surface area (Å²) in [6, 6.07) is 9.05. The van der Waals surface area contributed by atoms with Gasteiger partial charge in [-0.1, -0.05) is 24.3 Å². The van der Waals surface area contributed by atoms with Crippen molar-refractivity contribution in [3.05, 3.63) is 47.0 Å². The zero-order valence-corrected chi connectivity index (χ0v) is 16.7. The maximum Gasteiger partial charge on any atom is 0.337 e. The second kappa shape index (κ2) is 9.07. The second-order valence-electron chi connectivity index (χ2n) is 6.64. The monoisotopic (exact) mass is 400 g/mol. The van der Waals surface area contributed by atoms with Crippen LogP contribution in [0, 0.1) is 0 Å². The Bertz CT molecular complexity index is 920. The van der Waals surface area contributed by atoms with Gasteiger partial charge in [0, 0.05) is 24.7 Å². The highest BCUT2D eigenvalue weighted by Crippen LogP contribution is 2.43. The van der Waals surface area contributed by atoms with Gasteiger partial charge in [0.2, 0.25) is 0 Å². The van der Waals surface area contributed by atoms with Crippen molar-refractivity contribution in [2.24, 2.45) is 0 Å². The maximum atomic E-state index is 12.1. The van der Waals surface area contributed by atoms with E-state index in [4.69, 9.17) is 18.9 Å². The standard InChI is InChI=1S/C22H24O7/c1-26-10-11-29-21(22(24)25)19-16(7-9-18(27-2)20(19)28-3)14-4-6-15-13(12-14)5-8-17(15)23/h4,6-7,9,12,21H,5,8,10-11H2,1-3H3,(H,24,25). The second-order valence-corrected chi connectivity index (χ2v) is 6.64. The number of carboxylic acids is 1. The SMILES string of the molecule is COCCOC(C(=O)O)c1c(-c2ccc3c(c2)CCC3=O)ccc(OC)c1OC. The molecule has 0 heterocycles. The predicted molar refractivity (Wildman–Crippen MR) is 106 cm³/mol. The lowest BCUT2D eigenvalue weighted by Crippen LogP contribution is -2.19. The number of aliphatic carboxylic acids is 1. The molecule has 3 rings (SSSR count). The molecular formula is C22H24O7. The van der Waals surface area contributed by atoms with E-state index >= 15 is 0 Å². The van der Waals surface area contributed by atoms with Gasteiger partial charge in [0.05, 0.1) is 27.4 Å². The van der Waals surface area contributed by atoms with E-state index in [2.05, 4.69) is 0 Å². The van der Waals surface area contributed by atoms with Crippen LogP contribution in [-0.4, -0.2) is 51.4 Å². The van der Waals surface area contributed by atoms with Crippen LogP contribution >= 0.6 is 0 Å². The number of carboxylic acid groups (broad SMARTS) is 1. The number of rotatable bonds is 9. The Morgan fingerprint density at radius 3 is 2.45 bits per heavy atom. The number of benzene rings is 2. The van der Waals surface area contributed by atoms with E-state index < -0.39 is 12.1 Å². The largest absolute Gasteiger partial charge is 0.493 e. The van der Waals surface area contributed by atoms with Crippen LogP contribution in [0.5, 0.6) is 11.5 Å². The van der Waals surface area contributed by atoms with Crippen molar-refractivity contribution in [1.82, 2.24) is 0 Å². The lowest BCUT2D eigenvalue weighted by Gasteiger charge is -2.22. The highest BCUT2D eigenvalue weighted by Gasteiger charge is 2.31. The summed E-state index contributed by atoms with van der Waals surface area (Å²) < 4.78 is 21.5. The molecule has 2 aromatic carbocycles. The van der Waals surface area contributed by atoms with Gasteiger partial charge in [-0.25, -0.2) is 4.79 Å². The average Bonchev–Trinajstić information content (AvgIpc) is 3.10. The minimum atomic E-state index is -1.28. The summed E-state index contributed by atoms with van der Waals surface area (Å²) in [5.41, 5.74) is 3.48. The molecule has 0 amide bonds. The molecule has 29 heavy (non-hydrogen) atoms. The molecule has 0 radical (unpaired) electrons. The molecule has 7 nitrogen and oxygen atoms in total. The molecule has 1 aliphatic carbocycles. The molecule has 154 valence electrons. The molecule has 2 aromatic rings. The number of hydrogen-bond donors (Lipinski definition) is 1. The van der Waals surface area contributed by atoms with E-state index in [0.717, 1.165) is 16.7 Å². The highest BCUT2D eigenvalue weighted by molar-refractivity contribution is 6.01. The number of ketones is 1. The van der Waals surface area contributed by atoms with Crippen molar-refractivity contribution < 1.29 is 33.6 Å². The zero-order valence-electron chi connectivity index (χ0n) is 16.7. The number of carbonyl (C=O) groups excluding carboxylic acids is 1. The number of ether oxygens (including phenoxy) is 4. The van der Waals surface area contributed by atoms with E-state index in [-0.39, 0.29) is 19.0 Å². The fraction of sp³-hybridized carbons (Fsp3) is 0.364. The summed E-state index contributed by atoms with van der Waals surface area (Å²) in [6.07, 6.45) is -0.104. The van der Waals surface area contributed by atoms with Crippen molar-refractivity contribution in [2.75, 3.05) is 34.5 Å². The van der Waals surface area contributed by atoms with Gasteiger partial charge in [0.25, 0.3) is 0 Å². The third-order valence-corrected chi connectivity index (χ3v) is 4.98. The van der Waals surface area contributed by atoms with Crippen LogP contribution in [0.1, 0.15) is 34.0 Å².